The second kappa shape index (κ2) is 6.69. The highest BCUT2D eigenvalue weighted by Crippen LogP contribution is 2.14. The van der Waals surface area contributed by atoms with Crippen molar-refractivity contribution in [1.82, 2.24) is 10.8 Å². The van der Waals surface area contributed by atoms with E-state index in [1.807, 2.05) is 5.48 Å². The van der Waals surface area contributed by atoms with Gasteiger partial charge in [-0.2, -0.15) is 0 Å². The van der Waals surface area contributed by atoms with Crippen molar-refractivity contribution in [2.24, 2.45) is 0 Å². The summed E-state index contributed by atoms with van der Waals surface area (Å²) in [6.45, 7) is 2.84. The lowest BCUT2D eigenvalue weighted by Gasteiger charge is -2.09. The lowest BCUT2D eigenvalue weighted by molar-refractivity contribution is -0.144. The molecular formula is C12H15FN2O4. The third kappa shape index (κ3) is 4.92. The van der Waals surface area contributed by atoms with E-state index in [1.54, 1.807) is 26.0 Å². The molecule has 19 heavy (non-hydrogen) atoms. The molecule has 1 aromatic rings. The van der Waals surface area contributed by atoms with E-state index >= 15 is 0 Å². The van der Waals surface area contributed by atoms with Gasteiger partial charge < -0.3 is 10.4 Å². The van der Waals surface area contributed by atoms with Gasteiger partial charge in [-0.15, -0.1) is 0 Å². The van der Waals surface area contributed by atoms with Crippen LogP contribution < -0.4 is 10.8 Å². The first-order valence-electron chi connectivity index (χ1n) is 5.53. The lowest BCUT2D eigenvalue weighted by atomic mass is 10.1. The van der Waals surface area contributed by atoms with Gasteiger partial charge in [-0.05, 0) is 30.5 Å². The maximum atomic E-state index is 13.4. The largest absolute Gasteiger partial charge is 0.479 e. The molecule has 0 radical (unpaired) electrons. The number of rotatable bonds is 5. The van der Waals surface area contributed by atoms with Gasteiger partial charge in [0, 0.05) is 6.54 Å². The number of aliphatic carboxylic acids is 1. The Bertz CT molecular complexity index is 468. The predicted molar refractivity (Wildman–Crippen MR) is 64.8 cm³/mol. The molecule has 1 aromatic carbocycles. The summed E-state index contributed by atoms with van der Waals surface area (Å²) in [5, 5.41) is 10.7. The van der Waals surface area contributed by atoms with Crippen LogP contribution >= 0.6 is 0 Å². The van der Waals surface area contributed by atoms with Crippen molar-refractivity contribution in [3.63, 3.8) is 0 Å². The van der Waals surface area contributed by atoms with Gasteiger partial charge in [0.2, 0.25) is 0 Å². The third-order valence-electron chi connectivity index (χ3n) is 2.31. The lowest BCUT2D eigenvalue weighted by Crippen LogP contribution is -2.36. The SMILES string of the molecule is Cc1cc(CNC(=O)NOCC(=O)O)cc(C)c1F. The van der Waals surface area contributed by atoms with E-state index in [0.717, 1.165) is 5.56 Å². The number of hydroxylamine groups is 1. The van der Waals surface area contributed by atoms with E-state index in [4.69, 9.17) is 5.11 Å². The summed E-state index contributed by atoms with van der Waals surface area (Å²) in [5.74, 6) is -1.46. The van der Waals surface area contributed by atoms with Crippen LogP contribution in [0, 0.1) is 19.7 Å². The first kappa shape index (κ1) is 14.9. The number of hydrogen-bond acceptors (Lipinski definition) is 3. The van der Waals surface area contributed by atoms with Crippen LogP contribution in [0.3, 0.4) is 0 Å². The van der Waals surface area contributed by atoms with Gasteiger partial charge in [-0.25, -0.2) is 19.5 Å². The third-order valence-corrected chi connectivity index (χ3v) is 2.31. The molecule has 0 saturated carbocycles. The Balaban J connectivity index is 2.44. The first-order valence-corrected chi connectivity index (χ1v) is 5.53. The average molecular weight is 270 g/mol. The highest BCUT2D eigenvalue weighted by Gasteiger charge is 2.06. The number of urea groups is 1. The summed E-state index contributed by atoms with van der Waals surface area (Å²) in [5.41, 5.74) is 3.66. The summed E-state index contributed by atoms with van der Waals surface area (Å²) in [6.07, 6.45) is 0. The number of carboxylic acid groups (broad SMARTS) is 1. The fourth-order valence-corrected chi connectivity index (χ4v) is 1.52. The van der Waals surface area contributed by atoms with E-state index in [2.05, 4.69) is 10.2 Å². The molecule has 0 fully saturated rings. The Morgan fingerprint density at radius 2 is 1.89 bits per heavy atom. The van der Waals surface area contributed by atoms with Crippen molar-refractivity contribution in [3.8, 4) is 0 Å². The molecule has 0 atom stereocenters. The van der Waals surface area contributed by atoms with Gasteiger partial charge in [0.25, 0.3) is 0 Å². The van der Waals surface area contributed by atoms with Gasteiger partial charge in [0.1, 0.15) is 5.82 Å². The second-order valence-electron chi connectivity index (χ2n) is 4.01. The van der Waals surface area contributed by atoms with Gasteiger partial charge in [0.05, 0.1) is 0 Å². The number of hydrogen-bond donors (Lipinski definition) is 3. The molecule has 0 unspecified atom stereocenters. The molecule has 1 rings (SSSR count). The topological polar surface area (TPSA) is 87.7 Å². The molecule has 0 spiro atoms. The molecule has 6 nitrogen and oxygen atoms in total. The molecule has 0 aliphatic rings. The van der Waals surface area contributed by atoms with E-state index < -0.39 is 18.6 Å². The molecule has 0 aliphatic carbocycles. The standard InChI is InChI=1S/C12H15FN2O4/c1-7-3-9(4-8(2)11(7)13)5-14-12(18)15-19-6-10(16)17/h3-4H,5-6H2,1-2H3,(H,16,17)(H2,14,15,18). The van der Waals surface area contributed by atoms with E-state index in [-0.39, 0.29) is 12.4 Å². The van der Waals surface area contributed by atoms with Gasteiger partial charge >= 0.3 is 12.0 Å². The number of carbonyl (C=O) groups is 2. The first-order chi connectivity index (χ1) is 8.90. The average Bonchev–Trinajstić information content (AvgIpc) is 2.32. The molecular weight excluding hydrogens is 255 g/mol. The van der Waals surface area contributed by atoms with Crippen LogP contribution in [0.25, 0.3) is 0 Å². The van der Waals surface area contributed by atoms with Gasteiger partial charge in [-0.1, -0.05) is 12.1 Å². The highest BCUT2D eigenvalue weighted by molar-refractivity contribution is 5.73. The van der Waals surface area contributed by atoms with Crippen LogP contribution in [0.5, 0.6) is 0 Å². The van der Waals surface area contributed by atoms with Crippen LogP contribution in [0.1, 0.15) is 16.7 Å². The quantitative estimate of drug-likeness (QED) is 0.703. The zero-order valence-corrected chi connectivity index (χ0v) is 10.6. The number of halogens is 1. The summed E-state index contributed by atoms with van der Waals surface area (Å²) in [7, 11) is 0. The maximum Gasteiger partial charge on any atom is 0.338 e. The molecule has 7 heteroatoms. The summed E-state index contributed by atoms with van der Waals surface area (Å²) >= 11 is 0. The second-order valence-corrected chi connectivity index (χ2v) is 4.01. The van der Waals surface area contributed by atoms with Crippen LogP contribution in [0.15, 0.2) is 12.1 Å². The van der Waals surface area contributed by atoms with E-state index in [1.165, 1.54) is 0 Å². The van der Waals surface area contributed by atoms with Crippen molar-refractivity contribution in [3.05, 3.63) is 34.6 Å². The van der Waals surface area contributed by atoms with Crippen molar-refractivity contribution in [1.29, 1.82) is 0 Å². The van der Waals surface area contributed by atoms with Crippen LogP contribution in [-0.2, 0) is 16.2 Å². The van der Waals surface area contributed by atoms with Crippen molar-refractivity contribution in [2.75, 3.05) is 6.61 Å². The number of carbonyl (C=O) groups excluding carboxylic acids is 1. The van der Waals surface area contributed by atoms with Gasteiger partial charge in [0.15, 0.2) is 6.61 Å². The fourth-order valence-electron chi connectivity index (χ4n) is 1.52. The number of carboxylic acids is 1. The number of aryl methyl sites for hydroxylation is 2. The summed E-state index contributed by atoms with van der Waals surface area (Å²) in [6, 6.07) is 2.59. The molecule has 0 aliphatic heterocycles. The van der Waals surface area contributed by atoms with Crippen molar-refractivity contribution in [2.45, 2.75) is 20.4 Å². The predicted octanol–water partition coefficient (Wildman–Crippen LogP) is 1.26. The molecule has 3 N–H and O–H groups in total. The summed E-state index contributed by atoms with van der Waals surface area (Å²) in [4.78, 5) is 25.7. The Hall–Kier alpha value is -2.15. The highest BCUT2D eigenvalue weighted by atomic mass is 19.1. The number of amides is 2. The van der Waals surface area contributed by atoms with Gasteiger partial charge in [-0.3, -0.25) is 4.84 Å². The maximum absolute atomic E-state index is 13.4. The molecule has 0 saturated heterocycles. The molecule has 0 bridgehead atoms. The fraction of sp³-hybridized carbons (Fsp3) is 0.333. The monoisotopic (exact) mass is 270 g/mol. The van der Waals surface area contributed by atoms with E-state index in [0.29, 0.717) is 11.1 Å². The van der Waals surface area contributed by atoms with Crippen LogP contribution in [0.4, 0.5) is 9.18 Å². The zero-order valence-electron chi connectivity index (χ0n) is 10.6. The minimum atomic E-state index is -1.19. The molecule has 2 amide bonds. The minimum Gasteiger partial charge on any atom is -0.479 e. The smallest absolute Gasteiger partial charge is 0.338 e. The van der Waals surface area contributed by atoms with Crippen LogP contribution in [-0.4, -0.2) is 23.7 Å². The molecule has 0 heterocycles. The molecule has 0 aromatic heterocycles. The Morgan fingerprint density at radius 3 is 2.42 bits per heavy atom. The summed E-state index contributed by atoms with van der Waals surface area (Å²) < 4.78 is 13.4. The normalized spacial score (nSPS) is 10.1. The molecule has 104 valence electrons. The number of nitrogens with one attached hydrogen (secondary N) is 2. The Labute approximate surface area is 109 Å². The Morgan fingerprint density at radius 1 is 1.32 bits per heavy atom. The van der Waals surface area contributed by atoms with Crippen molar-refractivity contribution >= 4 is 12.0 Å². The number of benzene rings is 1. The zero-order chi connectivity index (χ0) is 14.4. The van der Waals surface area contributed by atoms with Crippen LogP contribution in [0.2, 0.25) is 0 Å². The van der Waals surface area contributed by atoms with Crippen molar-refractivity contribution < 1.29 is 23.9 Å². The minimum absolute atomic E-state index is 0.185. The Kier molecular flexibility index (Phi) is 5.25. The van der Waals surface area contributed by atoms with E-state index in [9.17, 15) is 14.0 Å².